The predicted molar refractivity (Wildman–Crippen MR) is 105 cm³/mol. The van der Waals surface area contributed by atoms with E-state index in [1.165, 1.54) is 11.3 Å². The van der Waals surface area contributed by atoms with Crippen LogP contribution in [0.1, 0.15) is 41.4 Å². The minimum atomic E-state index is -0.271. The van der Waals surface area contributed by atoms with Crippen molar-refractivity contribution in [2.45, 2.75) is 25.2 Å². The van der Waals surface area contributed by atoms with E-state index in [0.29, 0.717) is 36.3 Å². The largest absolute Gasteiger partial charge is 0.396 e. The van der Waals surface area contributed by atoms with Crippen LogP contribution in [0.3, 0.4) is 0 Å². The van der Waals surface area contributed by atoms with Gasteiger partial charge in [-0.2, -0.15) is 5.26 Å². The van der Waals surface area contributed by atoms with Crippen molar-refractivity contribution in [3.05, 3.63) is 29.0 Å². The number of rotatable bonds is 8. The molecule has 1 amide bonds. The zero-order chi connectivity index (χ0) is 19.8. The van der Waals surface area contributed by atoms with Crippen molar-refractivity contribution < 1.29 is 9.90 Å². The van der Waals surface area contributed by atoms with Crippen molar-refractivity contribution in [1.29, 1.82) is 5.26 Å². The van der Waals surface area contributed by atoms with Crippen LogP contribution < -0.4 is 10.6 Å². The van der Waals surface area contributed by atoms with Gasteiger partial charge in [-0.05, 0) is 31.9 Å². The number of aromatic nitrogens is 3. The van der Waals surface area contributed by atoms with Gasteiger partial charge in [0.1, 0.15) is 5.69 Å². The molecule has 2 aromatic heterocycles. The zero-order valence-corrected chi connectivity index (χ0v) is 16.3. The van der Waals surface area contributed by atoms with Gasteiger partial charge in [-0.15, -0.1) is 11.3 Å². The molecule has 1 saturated heterocycles. The molecule has 3 heterocycles. The van der Waals surface area contributed by atoms with Crippen LogP contribution in [-0.4, -0.2) is 63.7 Å². The Morgan fingerprint density at radius 1 is 1.46 bits per heavy atom. The first kappa shape index (κ1) is 20.1. The average Bonchev–Trinajstić information content (AvgIpc) is 3.17. The Labute approximate surface area is 167 Å². The minimum absolute atomic E-state index is 0.0348. The number of anilines is 2. The van der Waals surface area contributed by atoms with Gasteiger partial charge >= 0.3 is 0 Å². The molecule has 0 saturated carbocycles. The molecule has 0 aliphatic carbocycles. The molecule has 10 heteroatoms. The minimum Gasteiger partial charge on any atom is -0.396 e. The van der Waals surface area contributed by atoms with Gasteiger partial charge in [0.05, 0.1) is 18.3 Å². The van der Waals surface area contributed by atoms with Gasteiger partial charge in [0, 0.05) is 37.2 Å². The highest BCUT2D eigenvalue weighted by Crippen LogP contribution is 2.26. The molecular weight excluding hydrogens is 378 g/mol. The summed E-state index contributed by atoms with van der Waals surface area (Å²) >= 11 is 1.30. The lowest BCUT2D eigenvalue weighted by Gasteiger charge is -2.30. The lowest BCUT2D eigenvalue weighted by Crippen LogP contribution is -2.34. The summed E-state index contributed by atoms with van der Waals surface area (Å²) in [5.74, 6) is 0.443. The molecule has 1 aliphatic heterocycles. The summed E-state index contributed by atoms with van der Waals surface area (Å²) in [4.78, 5) is 27.3. The summed E-state index contributed by atoms with van der Waals surface area (Å²) in [6.07, 6.45) is 4.30. The molecule has 0 aromatic carbocycles. The van der Waals surface area contributed by atoms with Gasteiger partial charge in [0.15, 0.2) is 5.13 Å². The molecule has 148 valence electrons. The van der Waals surface area contributed by atoms with Crippen LogP contribution in [-0.2, 0) is 0 Å². The van der Waals surface area contributed by atoms with Gasteiger partial charge in [-0.3, -0.25) is 9.69 Å². The second kappa shape index (κ2) is 10.1. The van der Waals surface area contributed by atoms with E-state index in [9.17, 15) is 4.79 Å². The highest BCUT2D eigenvalue weighted by Gasteiger charge is 2.22. The molecule has 2 aromatic rings. The van der Waals surface area contributed by atoms with E-state index in [2.05, 4.69) is 36.6 Å². The Kier molecular flexibility index (Phi) is 7.25. The van der Waals surface area contributed by atoms with E-state index in [-0.39, 0.29) is 18.4 Å². The van der Waals surface area contributed by atoms with Crippen molar-refractivity contribution >= 4 is 28.3 Å². The average molecular weight is 401 g/mol. The van der Waals surface area contributed by atoms with Gasteiger partial charge in [-0.1, -0.05) is 0 Å². The number of aliphatic hydroxyl groups excluding tert-OH is 1. The third kappa shape index (κ3) is 5.45. The third-order valence-corrected chi connectivity index (χ3v) is 5.23. The van der Waals surface area contributed by atoms with Gasteiger partial charge < -0.3 is 15.7 Å². The molecule has 28 heavy (non-hydrogen) atoms. The summed E-state index contributed by atoms with van der Waals surface area (Å²) in [5, 5.41) is 25.7. The predicted octanol–water partition coefficient (Wildman–Crippen LogP) is 1.49. The first-order chi connectivity index (χ1) is 13.7. The van der Waals surface area contributed by atoms with Gasteiger partial charge in [-0.25, -0.2) is 15.0 Å². The second-order valence-electron chi connectivity index (χ2n) is 6.53. The van der Waals surface area contributed by atoms with Crippen LogP contribution in [0, 0.1) is 11.3 Å². The molecule has 3 N–H and O–H groups in total. The number of likely N-dealkylation sites (tertiary alicyclic amines) is 1. The quantitative estimate of drug-likeness (QED) is 0.448. The molecule has 0 bridgehead atoms. The van der Waals surface area contributed by atoms with Crippen molar-refractivity contribution in [3.63, 3.8) is 0 Å². The summed E-state index contributed by atoms with van der Waals surface area (Å²) in [5.41, 5.74) is 1.26. The maximum absolute atomic E-state index is 12.0. The number of nitrogens with zero attached hydrogens (tertiary/aromatic N) is 5. The Morgan fingerprint density at radius 2 is 2.36 bits per heavy atom. The fourth-order valence-corrected chi connectivity index (χ4v) is 3.79. The normalized spacial score (nSPS) is 17.1. The number of aliphatic hydroxyl groups is 1. The molecule has 1 fully saturated rings. The van der Waals surface area contributed by atoms with Crippen LogP contribution in [0.4, 0.5) is 11.1 Å². The Balaban J connectivity index is 1.62. The molecule has 1 aliphatic rings. The van der Waals surface area contributed by atoms with Crippen molar-refractivity contribution in [2.75, 3.05) is 38.1 Å². The van der Waals surface area contributed by atoms with Crippen LogP contribution in [0.2, 0.25) is 0 Å². The highest BCUT2D eigenvalue weighted by atomic mass is 32.1. The standard InChI is InChI=1S/C18H23N7O2S/c19-5-9-25-8-1-3-13(11-25)14-4-7-21-17(22-14)24-18-23-15(12-28-18)16(27)20-6-2-10-26/h4,7,12-13,26H,1-3,6,8-11H2,(H,20,27)(H,21,22,23,24)/t13-/m0/s1. The SMILES string of the molecule is N#CCN1CCC[C@H](c2ccnc(Nc3nc(C(=O)NCCCO)cs3)n2)C1. The van der Waals surface area contributed by atoms with Gasteiger partial charge in [0.25, 0.3) is 5.91 Å². The smallest absolute Gasteiger partial charge is 0.270 e. The molecule has 0 unspecified atom stereocenters. The number of hydrogen-bond acceptors (Lipinski definition) is 9. The molecule has 9 nitrogen and oxygen atoms in total. The first-order valence-electron chi connectivity index (χ1n) is 9.23. The number of hydrogen-bond donors (Lipinski definition) is 3. The van der Waals surface area contributed by atoms with E-state index in [4.69, 9.17) is 10.4 Å². The zero-order valence-electron chi connectivity index (χ0n) is 15.5. The number of thiazole rings is 1. The number of carbonyl (C=O) groups excluding carboxylic acids is 1. The lowest BCUT2D eigenvalue weighted by atomic mass is 9.94. The summed E-state index contributed by atoms with van der Waals surface area (Å²) in [6, 6.07) is 4.12. The van der Waals surface area contributed by atoms with Crippen LogP contribution in [0.25, 0.3) is 0 Å². The number of piperidine rings is 1. The van der Waals surface area contributed by atoms with E-state index in [1.807, 2.05) is 6.07 Å². The Bertz CT molecular complexity index is 835. The number of carbonyl (C=O) groups is 1. The fourth-order valence-electron chi connectivity index (χ4n) is 3.10. The number of amides is 1. The van der Waals surface area contributed by atoms with E-state index in [0.717, 1.165) is 31.6 Å². The van der Waals surface area contributed by atoms with E-state index < -0.39 is 0 Å². The summed E-state index contributed by atoms with van der Waals surface area (Å²) in [6.45, 7) is 2.65. The highest BCUT2D eigenvalue weighted by molar-refractivity contribution is 7.14. The lowest BCUT2D eigenvalue weighted by molar-refractivity contribution is 0.0947. The fraction of sp³-hybridized carbons (Fsp3) is 0.500. The van der Waals surface area contributed by atoms with Crippen molar-refractivity contribution in [2.24, 2.45) is 0 Å². The van der Waals surface area contributed by atoms with E-state index >= 15 is 0 Å². The van der Waals surface area contributed by atoms with Crippen molar-refractivity contribution in [1.82, 2.24) is 25.2 Å². The number of nitriles is 1. The molecule has 1 atom stereocenters. The topological polar surface area (TPSA) is 127 Å². The third-order valence-electron chi connectivity index (χ3n) is 4.47. The molecule has 0 radical (unpaired) electrons. The van der Waals surface area contributed by atoms with Crippen molar-refractivity contribution in [3.8, 4) is 6.07 Å². The second-order valence-corrected chi connectivity index (χ2v) is 7.39. The van der Waals surface area contributed by atoms with E-state index in [1.54, 1.807) is 11.6 Å². The summed E-state index contributed by atoms with van der Waals surface area (Å²) < 4.78 is 0. The van der Waals surface area contributed by atoms with Crippen LogP contribution >= 0.6 is 11.3 Å². The van der Waals surface area contributed by atoms with Crippen LogP contribution in [0.15, 0.2) is 17.6 Å². The maximum Gasteiger partial charge on any atom is 0.270 e. The monoisotopic (exact) mass is 401 g/mol. The van der Waals surface area contributed by atoms with Gasteiger partial charge in [0.2, 0.25) is 5.95 Å². The molecule has 3 rings (SSSR count). The molecular formula is C18H23N7O2S. The Morgan fingerprint density at radius 3 is 3.18 bits per heavy atom. The number of nitrogens with one attached hydrogen (secondary N) is 2. The first-order valence-corrected chi connectivity index (χ1v) is 10.1. The molecule has 0 spiro atoms. The summed E-state index contributed by atoms with van der Waals surface area (Å²) in [7, 11) is 0. The van der Waals surface area contributed by atoms with Crippen LogP contribution in [0.5, 0.6) is 0 Å². The Hall–Kier alpha value is -2.61. The maximum atomic E-state index is 12.0.